The van der Waals surface area contributed by atoms with Gasteiger partial charge in [-0.25, -0.2) is 4.79 Å². The molecule has 20 heavy (non-hydrogen) atoms. The van der Waals surface area contributed by atoms with Gasteiger partial charge in [0.25, 0.3) is 0 Å². The van der Waals surface area contributed by atoms with Gasteiger partial charge in [-0.3, -0.25) is 0 Å². The Kier molecular flexibility index (Phi) is 3.17. The third kappa shape index (κ3) is 2.15. The molecule has 1 N–H and O–H groups in total. The van der Waals surface area contributed by atoms with Gasteiger partial charge in [-0.05, 0) is 28.3 Å². The summed E-state index contributed by atoms with van der Waals surface area (Å²) >= 11 is 6.37. The van der Waals surface area contributed by atoms with Gasteiger partial charge in [0, 0.05) is 16.7 Å². The van der Waals surface area contributed by atoms with Crippen LogP contribution in [0, 0.1) is 0 Å². The number of fused-ring (bicyclic) bond motifs is 2. The van der Waals surface area contributed by atoms with E-state index in [1.54, 1.807) is 0 Å². The van der Waals surface area contributed by atoms with Crippen LogP contribution in [0.2, 0.25) is 0 Å². The van der Waals surface area contributed by atoms with E-state index >= 15 is 0 Å². The summed E-state index contributed by atoms with van der Waals surface area (Å²) in [5, 5.41) is 9.76. The molecule has 2 aromatic carbocycles. The zero-order valence-electron chi connectivity index (χ0n) is 10.5. The summed E-state index contributed by atoms with van der Waals surface area (Å²) in [4.78, 5) is 11.2. The van der Waals surface area contributed by atoms with Crippen molar-refractivity contribution in [3.05, 3.63) is 76.9 Å². The summed E-state index contributed by atoms with van der Waals surface area (Å²) in [6, 6.07) is 15.2. The Morgan fingerprint density at radius 3 is 2.25 bits per heavy atom. The molecule has 3 heteroatoms. The molecule has 0 spiro atoms. The number of rotatable bonds is 1. The summed E-state index contributed by atoms with van der Waals surface area (Å²) in [6.45, 7) is 0. The van der Waals surface area contributed by atoms with E-state index in [0.29, 0.717) is 10.6 Å². The first kappa shape index (κ1) is 12.7. The van der Waals surface area contributed by atoms with Gasteiger partial charge in [0.15, 0.2) is 0 Å². The van der Waals surface area contributed by atoms with E-state index in [4.69, 9.17) is 16.7 Å². The number of carbonyl (C=O) groups is 1. The quantitative estimate of drug-likeness (QED) is 0.794. The maximum absolute atomic E-state index is 11.2. The highest BCUT2D eigenvalue weighted by Crippen LogP contribution is 2.38. The van der Waals surface area contributed by atoms with Gasteiger partial charge in [-0.1, -0.05) is 60.1 Å². The molecule has 0 unspecified atom stereocenters. The largest absolute Gasteiger partial charge is 0.478 e. The van der Waals surface area contributed by atoms with E-state index in [2.05, 4.69) is 0 Å². The first-order chi connectivity index (χ1) is 9.66. The molecule has 1 aliphatic rings. The molecule has 3 rings (SSSR count). The minimum absolute atomic E-state index is 0.613. The summed E-state index contributed by atoms with van der Waals surface area (Å²) in [7, 11) is 0. The zero-order valence-corrected chi connectivity index (χ0v) is 11.3. The molecule has 2 nitrogen and oxygen atoms in total. The number of hydrogen-bond acceptors (Lipinski definition) is 1. The van der Waals surface area contributed by atoms with Crippen molar-refractivity contribution in [2.45, 2.75) is 0 Å². The smallest absolute Gasteiger partial charge is 0.328 e. The lowest BCUT2D eigenvalue weighted by Crippen LogP contribution is -1.97. The summed E-state index contributed by atoms with van der Waals surface area (Å²) in [5.41, 5.74) is 4.15. The minimum atomic E-state index is -0.970. The fourth-order valence-corrected chi connectivity index (χ4v) is 2.72. The van der Waals surface area contributed by atoms with Crippen molar-refractivity contribution in [1.29, 1.82) is 0 Å². The molecule has 0 aliphatic heterocycles. The third-order valence-corrected chi connectivity index (χ3v) is 3.59. The number of benzene rings is 2. The molecule has 1 aliphatic carbocycles. The van der Waals surface area contributed by atoms with Gasteiger partial charge in [-0.2, -0.15) is 0 Å². The van der Waals surface area contributed by atoms with Crippen molar-refractivity contribution < 1.29 is 9.90 Å². The van der Waals surface area contributed by atoms with Crippen molar-refractivity contribution in [2.75, 3.05) is 0 Å². The standard InChI is InChI=1S/C17H11ClO2/c18-16-9-11-5-1-2-6-12(11)15(10-17(19)20)13-7-3-4-8-14(13)16/h1-10H,(H,19,20). The van der Waals surface area contributed by atoms with Crippen LogP contribution in [0.3, 0.4) is 0 Å². The van der Waals surface area contributed by atoms with Crippen LogP contribution in [0.5, 0.6) is 0 Å². The highest BCUT2D eigenvalue weighted by Gasteiger charge is 2.18. The summed E-state index contributed by atoms with van der Waals surface area (Å²) < 4.78 is 0. The van der Waals surface area contributed by atoms with Crippen LogP contribution < -0.4 is 0 Å². The predicted molar refractivity (Wildman–Crippen MR) is 81.3 cm³/mol. The average Bonchev–Trinajstić information content (AvgIpc) is 2.55. The normalized spacial score (nSPS) is 15.1. The number of aliphatic carboxylic acids is 1. The van der Waals surface area contributed by atoms with Gasteiger partial charge in [0.2, 0.25) is 0 Å². The first-order valence-electron chi connectivity index (χ1n) is 6.18. The molecular formula is C17H11ClO2. The molecule has 0 heterocycles. The predicted octanol–water partition coefficient (Wildman–Crippen LogP) is 4.25. The number of halogens is 1. The number of carboxylic acids is 1. The summed E-state index contributed by atoms with van der Waals surface area (Å²) in [5.74, 6) is -0.970. The number of carboxylic acid groups (broad SMARTS) is 1. The highest BCUT2D eigenvalue weighted by atomic mass is 35.5. The lowest BCUT2D eigenvalue weighted by molar-refractivity contribution is -0.131. The molecule has 0 aromatic heterocycles. The van der Waals surface area contributed by atoms with E-state index in [9.17, 15) is 4.79 Å². The van der Waals surface area contributed by atoms with Gasteiger partial charge in [0.1, 0.15) is 0 Å². The van der Waals surface area contributed by atoms with Crippen molar-refractivity contribution in [2.24, 2.45) is 0 Å². The van der Waals surface area contributed by atoms with Crippen molar-refractivity contribution in [3.63, 3.8) is 0 Å². The molecule has 2 aromatic rings. The SMILES string of the molecule is O=C(O)C=C1c2ccccc2C=C(Cl)c2ccccc21. The van der Waals surface area contributed by atoms with E-state index in [0.717, 1.165) is 22.3 Å². The third-order valence-electron chi connectivity index (χ3n) is 3.28. The van der Waals surface area contributed by atoms with Gasteiger partial charge >= 0.3 is 5.97 Å². The topological polar surface area (TPSA) is 37.3 Å². The Morgan fingerprint density at radius 1 is 0.950 bits per heavy atom. The first-order valence-corrected chi connectivity index (χ1v) is 6.55. The van der Waals surface area contributed by atoms with Gasteiger partial charge < -0.3 is 5.11 Å². The number of hydrogen-bond donors (Lipinski definition) is 1. The van der Waals surface area contributed by atoms with Crippen molar-refractivity contribution >= 4 is 34.3 Å². The molecule has 0 atom stereocenters. The molecule has 0 fully saturated rings. The van der Waals surface area contributed by atoms with Crippen LogP contribution in [0.25, 0.3) is 16.7 Å². The Hall–Kier alpha value is -2.32. The van der Waals surface area contributed by atoms with Gasteiger partial charge in [-0.15, -0.1) is 0 Å². The monoisotopic (exact) mass is 282 g/mol. The molecule has 0 radical (unpaired) electrons. The molecule has 0 saturated carbocycles. The Morgan fingerprint density at radius 2 is 1.55 bits per heavy atom. The van der Waals surface area contributed by atoms with Crippen LogP contribution in [-0.2, 0) is 4.79 Å². The minimum Gasteiger partial charge on any atom is -0.478 e. The van der Waals surface area contributed by atoms with E-state index in [1.165, 1.54) is 6.08 Å². The van der Waals surface area contributed by atoms with Crippen LogP contribution in [-0.4, -0.2) is 11.1 Å². The average molecular weight is 283 g/mol. The zero-order chi connectivity index (χ0) is 14.1. The van der Waals surface area contributed by atoms with Crippen LogP contribution in [0.1, 0.15) is 22.3 Å². The highest BCUT2D eigenvalue weighted by molar-refractivity contribution is 6.52. The van der Waals surface area contributed by atoms with Crippen LogP contribution in [0.4, 0.5) is 0 Å². The fraction of sp³-hybridized carbons (Fsp3) is 0. The second-order valence-electron chi connectivity index (χ2n) is 4.52. The van der Waals surface area contributed by atoms with Crippen LogP contribution in [0.15, 0.2) is 54.6 Å². The van der Waals surface area contributed by atoms with E-state index < -0.39 is 5.97 Å². The maximum atomic E-state index is 11.2. The fourth-order valence-electron chi connectivity index (χ4n) is 2.43. The second kappa shape index (κ2) is 4.99. The van der Waals surface area contributed by atoms with Crippen molar-refractivity contribution in [3.8, 4) is 0 Å². The Balaban J connectivity index is 2.39. The molecule has 0 bridgehead atoms. The Bertz CT molecular complexity index is 757. The van der Waals surface area contributed by atoms with Crippen molar-refractivity contribution in [1.82, 2.24) is 0 Å². The molecule has 0 amide bonds. The maximum Gasteiger partial charge on any atom is 0.328 e. The molecule has 98 valence electrons. The van der Waals surface area contributed by atoms with E-state index in [1.807, 2.05) is 54.6 Å². The molecular weight excluding hydrogens is 272 g/mol. The second-order valence-corrected chi connectivity index (χ2v) is 4.93. The lowest BCUT2D eigenvalue weighted by atomic mass is 9.93. The Labute approximate surface area is 121 Å². The lowest BCUT2D eigenvalue weighted by Gasteiger charge is -2.11. The van der Waals surface area contributed by atoms with E-state index in [-0.39, 0.29) is 0 Å². The van der Waals surface area contributed by atoms with Crippen LogP contribution >= 0.6 is 11.6 Å². The summed E-state index contributed by atoms with van der Waals surface area (Å²) in [6.07, 6.45) is 3.11. The van der Waals surface area contributed by atoms with Gasteiger partial charge in [0.05, 0.1) is 0 Å². The molecule has 0 saturated heterocycles.